The van der Waals surface area contributed by atoms with E-state index in [2.05, 4.69) is 19.2 Å². The molecule has 0 aromatic heterocycles. The first-order valence-electron chi connectivity index (χ1n) is 6.59. The molecule has 0 saturated heterocycles. The Kier molecular flexibility index (Phi) is 5.52. The largest absolute Gasteiger partial charge is 0.310 e. The van der Waals surface area contributed by atoms with E-state index in [1.54, 1.807) is 19.2 Å². The first-order chi connectivity index (χ1) is 8.80. The summed E-state index contributed by atoms with van der Waals surface area (Å²) in [6.45, 7) is 8.99. The SMILES string of the molecule is CCN(C)S(=O)(=O)c1cccc(CNC(C)C)c1C. The number of sulfonamides is 1. The Labute approximate surface area is 116 Å². The average Bonchev–Trinajstić information content (AvgIpc) is 2.36. The van der Waals surface area contributed by atoms with Crippen molar-refractivity contribution in [3.8, 4) is 0 Å². The van der Waals surface area contributed by atoms with Gasteiger partial charge in [-0.3, -0.25) is 0 Å². The van der Waals surface area contributed by atoms with Crippen molar-refractivity contribution >= 4 is 10.0 Å². The summed E-state index contributed by atoms with van der Waals surface area (Å²) in [5, 5.41) is 3.32. The molecule has 0 aliphatic heterocycles. The van der Waals surface area contributed by atoms with E-state index in [-0.39, 0.29) is 0 Å². The summed E-state index contributed by atoms with van der Waals surface area (Å²) < 4.78 is 26.1. The molecule has 0 spiro atoms. The van der Waals surface area contributed by atoms with E-state index in [4.69, 9.17) is 0 Å². The minimum Gasteiger partial charge on any atom is -0.310 e. The van der Waals surface area contributed by atoms with Crippen LogP contribution in [0.2, 0.25) is 0 Å². The van der Waals surface area contributed by atoms with Gasteiger partial charge in [-0.2, -0.15) is 0 Å². The summed E-state index contributed by atoms with van der Waals surface area (Å²) in [6, 6.07) is 5.82. The van der Waals surface area contributed by atoms with Gasteiger partial charge in [0.15, 0.2) is 0 Å². The van der Waals surface area contributed by atoms with Crippen molar-refractivity contribution < 1.29 is 8.42 Å². The minimum atomic E-state index is -3.38. The zero-order chi connectivity index (χ0) is 14.6. The van der Waals surface area contributed by atoms with E-state index >= 15 is 0 Å². The number of nitrogens with one attached hydrogen (secondary N) is 1. The van der Waals surface area contributed by atoms with Crippen molar-refractivity contribution in [3.05, 3.63) is 29.3 Å². The van der Waals surface area contributed by atoms with E-state index in [1.807, 2.05) is 19.9 Å². The molecule has 1 N–H and O–H groups in total. The van der Waals surface area contributed by atoms with Crippen LogP contribution in [0.5, 0.6) is 0 Å². The smallest absolute Gasteiger partial charge is 0.243 e. The Morgan fingerprint density at radius 2 is 1.95 bits per heavy atom. The van der Waals surface area contributed by atoms with Crippen LogP contribution in [-0.2, 0) is 16.6 Å². The highest BCUT2D eigenvalue weighted by atomic mass is 32.2. The van der Waals surface area contributed by atoms with Gasteiger partial charge >= 0.3 is 0 Å². The van der Waals surface area contributed by atoms with Crippen molar-refractivity contribution in [3.63, 3.8) is 0 Å². The lowest BCUT2D eigenvalue weighted by molar-refractivity contribution is 0.485. The van der Waals surface area contributed by atoms with Gasteiger partial charge in [0.1, 0.15) is 0 Å². The molecule has 1 aromatic carbocycles. The van der Waals surface area contributed by atoms with Crippen LogP contribution in [0.1, 0.15) is 31.9 Å². The quantitative estimate of drug-likeness (QED) is 0.870. The molecule has 0 unspecified atom stereocenters. The van der Waals surface area contributed by atoms with Gasteiger partial charge in [-0.25, -0.2) is 12.7 Å². The predicted octanol–water partition coefficient (Wildman–Crippen LogP) is 2.13. The number of hydrogen-bond donors (Lipinski definition) is 1. The second kappa shape index (κ2) is 6.50. The summed E-state index contributed by atoms with van der Waals surface area (Å²) in [5.41, 5.74) is 1.86. The van der Waals surface area contributed by atoms with Crippen molar-refractivity contribution in [1.29, 1.82) is 0 Å². The molecular formula is C14H24N2O2S. The van der Waals surface area contributed by atoms with Crippen molar-refractivity contribution in [2.24, 2.45) is 0 Å². The van der Waals surface area contributed by atoms with Crippen LogP contribution >= 0.6 is 0 Å². The van der Waals surface area contributed by atoms with Gasteiger partial charge in [0, 0.05) is 26.2 Å². The van der Waals surface area contributed by atoms with E-state index in [0.29, 0.717) is 24.0 Å². The highest BCUT2D eigenvalue weighted by Gasteiger charge is 2.22. The zero-order valence-corrected chi connectivity index (χ0v) is 13.2. The molecule has 0 heterocycles. The zero-order valence-electron chi connectivity index (χ0n) is 12.4. The maximum absolute atomic E-state index is 12.4. The molecule has 0 saturated carbocycles. The standard InChI is InChI=1S/C14H24N2O2S/c1-6-16(5)19(17,18)14-9-7-8-13(12(14)4)10-15-11(2)3/h7-9,11,15H,6,10H2,1-5H3. The number of nitrogens with zero attached hydrogens (tertiary/aromatic N) is 1. The maximum Gasteiger partial charge on any atom is 0.243 e. The topological polar surface area (TPSA) is 49.4 Å². The van der Waals surface area contributed by atoms with Crippen LogP contribution in [0.15, 0.2) is 23.1 Å². The molecule has 5 heteroatoms. The summed E-state index contributed by atoms with van der Waals surface area (Å²) >= 11 is 0. The fourth-order valence-electron chi connectivity index (χ4n) is 1.78. The molecule has 1 aromatic rings. The minimum absolute atomic E-state index is 0.373. The number of hydrogen-bond acceptors (Lipinski definition) is 3. The normalized spacial score (nSPS) is 12.4. The third-order valence-corrected chi connectivity index (χ3v) is 5.31. The van der Waals surface area contributed by atoms with E-state index < -0.39 is 10.0 Å². The highest BCUT2D eigenvalue weighted by molar-refractivity contribution is 7.89. The van der Waals surface area contributed by atoms with Crippen molar-refractivity contribution in [2.75, 3.05) is 13.6 Å². The maximum atomic E-state index is 12.4. The van der Waals surface area contributed by atoms with Crippen molar-refractivity contribution in [1.82, 2.24) is 9.62 Å². The van der Waals surface area contributed by atoms with Crippen molar-refractivity contribution in [2.45, 2.75) is 45.2 Å². The monoisotopic (exact) mass is 284 g/mol. The van der Waals surface area contributed by atoms with Gasteiger partial charge in [0.05, 0.1) is 4.90 Å². The van der Waals surface area contributed by atoms with Crippen LogP contribution in [0.4, 0.5) is 0 Å². The Morgan fingerprint density at radius 3 is 2.47 bits per heavy atom. The van der Waals surface area contributed by atoms with E-state index in [0.717, 1.165) is 11.1 Å². The molecule has 0 amide bonds. The molecule has 0 aliphatic carbocycles. The van der Waals surface area contributed by atoms with E-state index in [1.165, 1.54) is 4.31 Å². The van der Waals surface area contributed by atoms with Crippen LogP contribution in [0.3, 0.4) is 0 Å². The van der Waals surface area contributed by atoms with Gasteiger partial charge in [-0.05, 0) is 24.1 Å². The molecular weight excluding hydrogens is 260 g/mol. The average molecular weight is 284 g/mol. The number of rotatable bonds is 6. The summed E-state index contributed by atoms with van der Waals surface area (Å²) in [4.78, 5) is 0.403. The molecule has 108 valence electrons. The van der Waals surface area contributed by atoms with Crippen LogP contribution in [0.25, 0.3) is 0 Å². The summed E-state index contributed by atoms with van der Waals surface area (Å²) in [6.07, 6.45) is 0. The third kappa shape index (κ3) is 3.78. The molecule has 1 rings (SSSR count). The Balaban J connectivity index is 3.14. The summed E-state index contributed by atoms with van der Waals surface area (Å²) in [7, 11) is -1.77. The van der Waals surface area contributed by atoms with Crippen LogP contribution in [-0.4, -0.2) is 32.4 Å². The van der Waals surface area contributed by atoms with Gasteiger partial charge < -0.3 is 5.32 Å². The van der Waals surface area contributed by atoms with Crippen LogP contribution in [0, 0.1) is 6.92 Å². The Hall–Kier alpha value is -0.910. The highest BCUT2D eigenvalue weighted by Crippen LogP contribution is 2.21. The lowest BCUT2D eigenvalue weighted by atomic mass is 10.1. The predicted molar refractivity (Wildman–Crippen MR) is 78.6 cm³/mol. The van der Waals surface area contributed by atoms with Crippen LogP contribution < -0.4 is 5.32 Å². The molecule has 0 fully saturated rings. The second-order valence-corrected chi connectivity index (χ2v) is 7.01. The molecule has 0 aliphatic rings. The second-order valence-electron chi connectivity index (χ2n) is 5.00. The first kappa shape index (κ1) is 16.1. The van der Waals surface area contributed by atoms with Gasteiger partial charge in [-0.15, -0.1) is 0 Å². The number of benzene rings is 1. The molecule has 19 heavy (non-hydrogen) atoms. The molecule has 4 nitrogen and oxygen atoms in total. The summed E-state index contributed by atoms with van der Waals surface area (Å²) in [5.74, 6) is 0. The fourth-order valence-corrected chi connectivity index (χ4v) is 3.23. The molecule has 0 atom stereocenters. The fraction of sp³-hybridized carbons (Fsp3) is 0.571. The Morgan fingerprint density at radius 1 is 1.32 bits per heavy atom. The van der Waals surface area contributed by atoms with Gasteiger partial charge in [-0.1, -0.05) is 32.9 Å². The third-order valence-electron chi connectivity index (χ3n) is 3.23. The first-order valence-corrected chi connectivity index (χ1v) is 8.03. The lowest BCUT2D eigenvalue weighted by Crippen LogP contribution is -2.28. The van der Waals surface area contributed by atoms with E-state index in [9.17, 15) is 8.42 Å². The lowest BCUT2D eigenvalue weighted by Gasteiger charge is -2.18. The van der Waals surface area contributed by atoms with Gasteiger partial charge in [0.2, 0.25) is 10.0 Å². The molecule has 0 bridgehead atoms. The van der Waals surface area contributed by atoms with Gasteiger partial charge in [0.25, 0.3) is 0 Å². The molecule has 0 radical (unpaired) electrons. The Bertz CT molecular complexity index is 524.